The highest BCUT2D eigenvalue weighted by Gasteiger charge is 2.20. The van der Waals surface area contributed by atoms with Gasteiger partial charge < -0.3 is 4.42 Å². The SMILES string of the molecule is Cc1nc(C)c(C(=O)c2occc2Br)s1. The first-order chi connectivity index (χ1) is 7.09. The van der Waals surface area contributed by atoms with Crippen LogP contribution in [0, 0.1) is 13.8 Å². The molecule has 2 aromatic heterocycles. The van der Waals surface area contributed by atoms with Crippen LogP contribution in [-0.2, 0) is 0 Å². The number of aryl methyl sites for hydroxylation is 2. The van der Waals surface area contributed by atoms with Crippen molar-refractivity contribution in [3.63, 3.8) is 0 Å². The van der Waals surface area contributed by atoms with Crippen LogP contribution in [0.4, 0.5) is 0 Å². The molecule has 5 heteroatoms. The second-order valence-corrected chi connectivity index (χ2v) is 5.13. The molecule has 0 atom stereocenters. The maximum absolute atomic E-state index is 12.0. The number of thiazole rings is 1. The Kier molecular flexibility index (Phi) is 2.75. The van der Waals surface area contributed by atoms with E-state index in [1.807, 2.05) is 13.8 Å². The topological polar surface area (TPSA) is 43.1 Å². The molecule has 0 aliphatic carbocycles. The fourth-order valence-corrected chi connectivity index (χ4v) is 2.54. The van der Waals surface area contributed by atoms with E-state index in [0.717, 1.165) is 10.7 Å². The van der Waals surface area contributed by atoms with Crippen LogP contribution in [-0.4, -0.2) is 10.8 Å². The summed E-state index contributed by atoms with van der Waals surface area (Å²) < 4.78 is 5.81. The Labute approximate surface area is 99.3 Å². The minimum Gasteiger partial charge on any atom is -0.460 e. The number of ketones is 1. The lowest BCUT2D eigenvalue weighted by molar-refractivity contribution is 0.101. The predicted octanol–water partition coefficient (Wildman–Crippen LogP) is 3.35. The molecule has 0 fully saturated rings. The first-order valence-corrected chi connectivity index (χ1v) is 5.92. The second-order valence-electron chi connectivity index (χ2n) is 3.07. The lowest BCUT2D eigenvalue weighted by Crippen LogP contribution is -1.99. The molecule has 0 amide bonds. The molecule has 2 aromatic rings. The standard InChI is InChI=1S/C10H8BrNO2S/c1-5-10(15-6(2)12-5)8(13)9-7(11)3-4-14-9/h3-4H,1-2H3. The number of furan rings is 1. The van der Waals surface area contributed by atoms with Crippen LogP contribution in [0.2, 0.25) is 0 Å². The molecule has 0 saturated heterocycles. The van der Waals surface area contributed by atoms with E-state index >= 15 is 0 Å². The Morgan fingerprint density at radius 2 is 2.27 bits per heavy atom. The third-order valence-corrected chi connectivity index (χ3v) is 3.63. The van der Waals surface area contributed by atoms with Crippen molar-refractivity contribution >= 4 is 33.0 Å². The smallest absolute Gasteiger partial charge is 0.241 e. The van der Waals surface area contributed by atoms with Gasteiger partial charge in [-0.15, -0.1) is 11.3 Å². The van der Waals surface area contributed by atoms with Gasteiger partial charge in [0, 0.05) is 0 Å². The molecule has 78 valence electrons. The highest BCUT2D eigenvalue weighted by Crippen LogP contribution is 2.25. The van der Waals surface area contributed by atoms with Gasteiger partial charge in [-0.2, -0.15) is 0 Å². The largest absolute Gasteiger partial charge is 0.460 e. The lowest BCUT2D eigenvalue weighted by atomic mass is 10.2. The summed E-state index contributed by atoms with van der Waals surface area (Å²) in [5.41, 5.74) is 0.755. The van der Waals surface area contributed by atoms with Crippen molar-refractivity contribution in [2.45, 2.75) is 13.8 Å². The van der Waals surface area contributed by atoms with Gasteiger partial charge in [-0.1, -0.05) is 0 Å². The van der Waals surface area contributed by atoms with E-state index < -0.39 is 0 Å². The van der Waals surface area contributed by atoms with Crippen molar-refractivity contribution in [3.8, 4) is 0 Å². The van der Waals surface area contributed by atoms with E-state index in [-0.39, 0.29) is 5.78 Å². The zero-order valence-corrected chi connectivity index (χ0v) is 10.6. The minimum atomic E-state index is -0.116. The van der Waals surface area contributed by atoms with Crippen LogP contribution < -0.4 is 0 Å². The molecule has 0 radical (unpaired) electrons. The van der Waals surface area contributed by atoms with Gasteiger partial charge in [0.05, 0.1) is 21.4 Å². The van der Waals surface area contributed by atoms with E-state index in [1.165, 1.54) is 17.6 Å². The molecule has 0 saturated carbocycles. The molecular formula is C10H8BrNO2S. The summed E-state index contributed by atoms with van der Waals surface area (Å²) in [4.78, 5) is 16.9. The Morgan fingerprint density at radius 3 is 2.73 bits per heavy atom. The van der Waals surface area contributed by atoms with Crippen molar-refractivity contribution in [3.05, 3.63) is 38.1 Å². The van der Waals surface area contributed by atoms with Crippen LogP contribution in [0.1, 0.15) is 26.1 Å². The van der Waals surface area contributed by atoms with E-state index in [1.54, 1.807) is 6.07 Å². The van der Waals surface area contributed by atoms with Crippen molar-refractivity contribution < 1.29 is 9.21 Å². The molecule has 2 heterocycles. The summed E-state index contributed by atoms with van der Waals surface area (Å²) >= 11 is 4.65. The molecule has 0 aliphatic heterocycles. The maximum Gasteiger partial charge on any atom is 0.241 e. The van der Waals surface area contributed by atoms with Crippen molar-refractivity contribution in [2.24, 2.45) is 0 Å². The predicted molar refractivity (Wildman–Crippen MR) is 61.4 cm³/mol. The summed E-state index contributed by atoms with van der Waals surface area (Å²) in [6, 6.07) is 1.70. The Morgan fingerprint density at radius 1 is 1.53 bits per heavy atom. The van der Waals surface area contributed by atoms with Gasteiger partial charge in [0.15, 0.2) is 5.76 Å². The lowest BCUT2D eigenvalue weighted by Gasteiger charge is -1.94. The van der Waals surface area contributed by atoms with E-state index in [9.17, 15) is 4.79 Å². The number of hydrogen-bond acceptors (Lipinski definition) is 4. The zero-order chi connectivity index (χ0) is 11.0. The van der Waals surface area contributed by atoms with Crippen molar-refractivity contribution in [1.82, 2.24) is 4.98 Å². The first kappa shape index (κ1) is 10.6. The number of carbonyl (C=O) groups excluding carboxylic acids is 1. The number of aromatic nitrogens is 1. The third kappa shape index (κ3) is 1.89. The van der Waals surface area contributed by atoms with Gasteiger partial charge in [0.2, 0.25) is 5.78 Å². The van der Waals surface area contributed by atoms with Gasteiger partial charge >= 0.3 is 0 Å². The summed E-state index contributed by atoms with van der Waals surface area (Å²) in [5, 5.41) is 0.888. The van der Waals surface area contributed by atoms with Gasteiger partial charge in [0.1, 0.15) is 4.88 Å². The average Bonchev–Trinajstić information content (AvgIpc) is 2.71. The van der Waals surface area contributed by atoms with E-state index in [2.05, 4.69) is 20.9 Å². The molecule has 0 unspecified atom stereocenters. The molecule has 0 aliphatic rings. The molecular weight excluding hydrogens is 278 g/mol. The normalized spacial score (nSPS) is 10.6. The summed E-state index contributed by atoms with van der Waals surface area (Å²) in [7, 11) is 0. The molecule has 2 rings (SSSR count). The fourth-order valence-electron chi connectivity index (χ4n) is 1.30. The third-order valence-electron chi connectivity index (χ3n) is 1.93. The Bertz CT molecular complexity index is 515. The molecule has 0 spiro atoms. The summed E-state index contributed by atoms with van der Waals surface area (Å²) in [6.07, 6.45) is 1.49. The first-order valence-electron chi connectivity index (χ1n) is 4.31. The highest BCUT2D eigenvalue weighted by molar-refractivity contribution is 9.10. The van der Waals surface area contributed by atoms with E-state index in [4.69, 9.17) is 4.42 Å². The van der Waals surface area contributed by atoms with Crippen molar-refractivity contribution in [1.29, 1.82) is 0 Å². The molecule has 0 N–H and O–H groups in total. The Balaban J connectivity index is 2.45. The summed E-state index contributed by atoms with van der Waals surface area (Å²) in [6.45, 7) is 3.71. The second kappa shape index (κ2) is 3.90. The van der Waals surface area contributed by atoms with Crippen LogP contribution in [0.5, 0.6) is 0 Å². The number of halogens is 1. The van der Waals surface area contributed by atoms with Gasteiger partial charge in [-0.05, 0) is 35.8 Å². The quantitative estimate of drug-likeness (QED) is 0.795. The molecule has 3 nitrogen and oxygen atoms in total. The number of rotatable bonds is 2. The number of nitrogens with zero attached hydrogens (tertiary/aromatic N) is 1. The van der Waals surface area contributed by atoms with Crippen LogP contribution >= 0.6 is 27.3 Å². The molecule has 0 aromatic carbocycles. The number of hydrogen-bond donors (Lipinski definition) is 0. The maximum atomic E-state index is 12.0. The fraction of sp³-hybridized carbons (Fsp3) is 0.200. The van der Waals surface area contributed by atoms with Crippen molar-refractivity contribution in [2.75, 3.05) is 0 Å². The molecule has 0 bridgehead atoms. The average molecular weight is 286 g/mol. The van der Waals surface area contributed by atoms with Gasteiger partial charge in [-0.3, -0.25) is 4.79 Å². The number of carbonyl (C=O) groups is 1. The van der Waals surface area contributed by atoms with Gasteiger partial charge in [0.25, 0.3) is 0 Å². The van der Waals surface area contributed by atoms with Crippen LogP contribution in [0.25, 0.3) is 0 Å². The molecule has 15 heavy (non-hydrogen) atoms. The minimum absolute atomic E-state index is 0.116. The van der Waals surface area contributed by atoms with E-state index in [0.29, 0.717) is 15.1 Å². The summed E-state index contributed by atoms with van der Waals surface area (Å²) in [5.74, 6) is 0.219. The highest BCUT2D eigenvalue weighted by atomic mass is 79.9. The van der Waals surface area contributed by atoms with Gasteiger partial charge in [-0.25, -0.2) is 4.98 Å². The van der Waals surface area contributed by atoms with Crippen LogP contribution in [0.3, 0.4) is 0 Å². The van der Waals surface area contributed by atoms with Crippen LogP contribution in [0.15, 0.2) is 21.2 Å². The monoisotopic (exact) mass is 285 g/mol. The Hall–Kier alpha value is -0.940. The zero-order valence-electron chi connectivity index (χ0n) is 8.20.